The second-order valence-electron chi connectivity index (χ2n) is 5.43. The monoisotopic (exact) mass is 390 g/mol. The van der Waals surface area contributed by atoms with Gasteiger partial charge in [0.1, 0.15) is 5.82 Å². The van der Waals surface area contributed by atoms with Crippen LogP contribution in [0.15, 0.2) is 58.2 Å². The first kappa shape index (κ1) is 15.4. The molecule has 3 aromatic heterocycles. The molecule has 0 atom stereocenters. The SMILES string of the molecule is Nc1nc2c(C#Cc3cccnc3)c[nH]c(=O)c2c2cc(Br)ccc12. The number of H-pyrrole nitrogens is 1. The Bertz CT molecular complexity index is 1240. The van der Waals surface area contributed by atoms with Crippen molar-refractivity contribution in [2.24, 2.45) is 0 Å². The van der Waals surface area contributed by atoms with E-state index < -0.39 is 0 Å². The Kier molecular flexibility index (Phi) is 3.71. The minimum absolute atomic E-state index is 0.225. The molecule has 3 N–H and O–H groups in total. The van der Waals surface area contributed by atoms with Gasteiger partial charge < -0.3 is 10.7 Å². The zero-order valence-corrected chi connectivity index (χ0v) is 14.5. The molecular formula is C19H11BrN4O. The van der Waals surface area contributed by atoms with Crippen molar-refractivity contribution in [2.75, 3.05) is 5.73 Å². The van der Waals surface area contributed by atoms with E-state index in [1.54, 1.807) is 18.6 Å². The summed E-state index contributed by atoms with van der Waals surface area (Å²) < 4.78 is 0.859. The summed E-state index contributed by atoms with van der Waals surface area (Å²) in [6.07, 6.45) is 4.92. The number of anilines is 1. The second-order valence-corrected chi connectivity index (χ2v) is 6.35. The first-order chi connectivity index (χ1) is 12.1. The predicted molar refractivity (Wildman–Crippen MR) is 102 cm³/mol. The maximum absolute atomic E-state index is 12.4. The van der Waals surface area contributed by atoms with Gasteiger partial charge in [0, 0.05) is 39.4 Å². The molecule has 0 aliphatic rings. The van der Waals surface area contributed by atoms with Crippen LogP contribution in [0.3, 0.4) is 0 Å². The molecule has 0 aliphatic carbocycles. The Hall–Kier alpha value is -3.17. The number of nitrogens with zero attached hydrogens (tertiary/aromatic N) is 2. The average Bonchev–Trinajstić information content (AvgIpc) is 2.62. The maximum atomic E-state index is 12.4. The molecule has 6 heteroatoms. The fourth-order valence-electron chi connectivity index (χ4n) is 2.69. The third-order valence-corrected chi connectivity index (χ3v) is 4.32. The lowest BCUT2D eigenvalue weighted by molar-refractivity contribution is 1.25. The smallest absolute Gasteiger partial charge is 0.258 e. The normalized spacial score (nSPS) is 10.6. The van der Waals surface area contributed by atoms with Gasteiger partial charge in [0.05, 0.1) is 16.5 Å². The molecule has 0 unspecified atom stereocenters. The number of fused-ring (bicyclic) bond motifs is 3. The number of aromatic nitrogens is 3. The lowest BCUT2D eigenvalue weighted by atomic mass is 10.1. The van der Waals surface area contributed by atoms with Crippen molar-refractivity contribution < 1.29 is 0 Å². The lowest BCUT2D eigenvalue weighted by Gasteiger charge is -2.07. The first-order valence-corrected chi connectivity index (χ1v) is 8.25. The Balaban J connectivity index is 2.05. The molecule has 3 heterocycles. The van der Waals surface area contributed by atoms with Crippen LogP contribution < -0.4 is 11.3 Å². The van der Waals surface area contributed by atoms with Crippen molar-refractivity contribution in [3.05, 3.63) is 74.9 Å². The standard InChI is InChI=1S/C19H11BrN4O/c20-13-5-6-14-15(8-13)16-17(24-18(14)21)12(10-23-19(16)25)4-3-11-2-1-7-22-9-11/h1-2,5-10H,(H2,21,24)(H,23,25). The molecule has 0 saturated carbocycles. The fraction of sp³-hybridized carbons (Fsp3) is 0. The minimum Gasteiger partial charge on any atom is -0.383 e. The maximum Gasteiger partial charge on any atom is 0.258 e. The highest BCUT2D eigenvalue weighted by Crippen LogP contribution is 2.29. The molecule has 25 heavy (non-hydrogen) atoms. The number of benzene rings is 1. The zero-order valence-electron chi connectivity index (χ0n) is 12.9. The van der Waals surface area contributed by atoms with Crippen molar-refractivity contribution >= 4 is 43.4 Å². The van der Waals surface area contributed by atoms with Gasteiger partial charge in [0.2, 0.25) is 0 Å². The van der Waals surface area contributed by atoms with Crippen LogP contribution in [0.5, 0.6) is 0 Å². The molecule has 0 spiro atoms. The van der Waals surface area contributed by atoms with Gasteiger partial charge in [0.15, 0.2) is 0 Å². The second kappa shape index (κ2) is 6.04. The van der Waals surface area contributed by atoms with E-state index >= 15 is 0 Å². The molecule has 5 nitrogen and oxygen atoms in total. The van der Waals surface area contributed by atoms with Crippen molar-refractivity contribution in [3.63, 3.8) is 0 Å². The summed E-state index contributed by atoms with van der Waals surface area (Å²) in [5, 5.41) is 1.95. The van der Waals surface area contributed by atoms with E-state index in [9.17, 15) is 4.79 Å². The van der Waals surface area contributed by atoms with Crippen LogP contribution in [0, 0.1) is 11.8 Å². The number of nitrogens with one attached hydrogen (secondary N) is 1. The molecule has 0 aliphatic heterocycles. The van der Waals surface area contributed by atoms with Gasteiger partial charge in [-0.2, -0.15) is 0 Å². The molecule has 4 rings (SSSR count). The quantitative estimate of drug-likeness (QED) is 0.356. The zero-order chi connectivity index (χ0) is 17.4. The van der Waals surface area contributed by atoms with Crippen molar-refractivity contribution in [3.8, 4) is 11.8 Å². The lowest BCUT2D eigenvalue weighted by Crippen LogP contribution is -2.09. The van der Waals surface area contributed by atoms with Crippen molar-refractivity contribution in [2.45, 2.75) is 0 Å². The molecule has 1 aromatic carbocycles. The number of halogens is 1. The van der Waals surface area contributed by atoms with E-state index in [4.69, 9.17) is 5.73 Å². The molecule has 0 fully saturated rings. The van der Waals surface area contributed by atoms with Gasteiger partial charge in [-0.25, -0.2) is 4.98 Å². The molecule has 0 saturated heterocycles. The van der Waals surface area contributed by atoms with Crippen LogP contribution in [0.4, 0.5) is 5.82 Å². The van der Waals surface area contributed by atoms with E-state index in [0.717, 1.165) is 20.8 Å². The van der Waals surface area contributed by atoms with Crippen LogP contribution in [-0.4, -0.2) is 15.0 Å². The summed E-state index contributed by atoms with van der Waals surface area (Å²) >= 11 is 3.44. The third-order valence-electron chi connectivity index (χ3n) is 3.83. The summed E-state index contributed by atoms with van der Waals surface area (Å²) in [7, 11) is 0. The highest BCUT2D eigenvalue weighted by molar-refractivity contribution is 9.10. The third kappa shape index (κ3) is 2.75. The average molecular weight is 391 g/mol. The predicted octanol–water partition coefficient (Wildman–Crippen LogP) is 3.22. The van der Waals surface area contributed by atoms with Gasteiger partial charge in [-0.3, -0.25) is 9.78 Å². The van der Waals surface area contributed by atoms with E-state index in [1.165, 1.54) is 0 Å². The number of rotatable bonds is 0. The summed E-state index contributed by atoms with van der Waals surface area (Å²) in [5.74, 6) is 6.44. The number of nitrogen functional groups attached to an aromatic ring is 1. The molecule has 0 radical (unpaired) electrons. The molecule has 0 bridgehead atoms. The summed E-state index contributed by atoms with van der Waals surface area (Å²) in [5.41, 5.74) is 7.75. The van der Waals surface area contributed by atoms with Crippen LogP contribution in [0.1, 0.15) is 11.1 Å². The molecule has 0 amide bonds. The Morgan fingerprint density at radius 3 is 2.84 bits per heavy atom. The number of pyridine rings is 3. The highest BCUT2D eigenvalue weighted by atomic mass is 79.9. The topological polar surface area (TPSA) is 84.7 Å². The van der Waals surface area contributed by atoms with Gasteiger partial charge in [0.25, 0.3) is 5.56 Å². The molecular weight excluding hydrogens is 380 g/mol. The first-order valence-electron chi connectivity index (χ1n) is 7.45. The Labute approximate surface area is 151 Å². The number of nitrogens with two attached hydrogens (primary N) is 1. The van der Waals surface area contributed by atoms with Gasteiger partial charge in [-0.05, 0) is 30.3 Å². The molecule has 4 aromatic rings. The number of aromatic amines is 1. The Morgan fingerprint density at radius 1 is 1.16 bits per heavy atom. The fourth-order valence-corrected chi connectivity index (χ4v) is 3.05. The van der Waals surface area contributed by atoms with Crippen LogP contribution in [-0.2, 0) is 0 Å². The van der Waals surface area contributed by atoms with Crippen molar-refractivity contribution in [1.82, 2.24) is 15.0 Å². The van der Waals surface area contributed by atoms with Crippen molar-refractivity contribution in [1.29, 1.82) is 0 Å². The van der Waals surface area contributed by atoms with E-state index in [-0.39, 0.29) is 5.56 Å². The summed E-state index contributed by atoms with van der Waals surface area (Å²) in [6.45, 7) is 0. The highest BCUT2D eigenvalue weighted by Gasteiger charge is 2.12. The summed E-state index contributed by atoms with van der Waals surface area (Å²) in [6, 6.07) is 9.25. The Morgan fingerprint density at radius 2 is 2.04 bits per heavy atom. The molecule has 120 valence electrons. The van der Waals surface area contributed by atoms with Crippen LogP contribution in [0.2, 0.25) is 0 Å². The van der Waals surface area contributed by atoms with Gasteiger partial charge >= 0.3 is 0 Å². The van der Waals surface area contributed by atoms with E-state index in [0.29, 0.717) is 22.3 Å². The van der Waals surface area contributed by atoms with Gasteiger partial charge in [-0.15, -0.1) is 0 Å². The minimum atomic E-state index is -0.225. The summed E-state index contributed by atoms with van der Waals surface area (Å²) in [4.78, 5) is 23.6. The largest absolute Gasteiger partial charge is 0.383 e. The van der Waals surface area contributed by atoms with Gasteiger partial charge in [-0.1, -0.05) is 27.8 Å². The van der Waals surface area contributed by atoms with Crippen LogP contribution in [0.25, 0.3) is 21.7 Å². The number of hydrogen-bond donors (Lipinski definition) is 2. The van der Waals surface area contributed by atoms with Crippen LogP contribution >= 0.6 is 15.9 Å². The van der Waals surface area contributed by atoms with E-state index in [2.05, 4.69) is 42.7 Å². The van der Waals surface area contributed by atoms with E-state index in [1.807, 2.05) is 30.3 Å². The number of hydrogen-bond acceptors (Lipinski definition) is 4.